The number of halogens is 1. The highest BCUT2D eigenvalue weighted by atomic mass is 19.1. The van der Waals surface area contributed by atoms with Crippen molar-refractivity contribution >= 4 is 5.91 Å². The smallest absolute Gasteiger partial charge is 0.252 e. The van der Waals surface area contributed by atoms with Crippen molar-refractivity contribution in [3.63, 3.8) is 0 Å². The molecular weight excluding hydrogens is 323 g/mol. The first-order valence-corrected chi connectivity index (χ1v) is 7.76. The molecule has 2 aromatic heterocycles. The number of ether oxygens (including phenoxy) is 1. The first-order chi connectivity index (χ1) is 12.1. The van der Waals surface area contributed by atoms with Gasteiger partial charge >= 0.3 is 0 Å². The van der Waals surface area contributed by atoms with Crippen LogP contribution in [0, 0.1) is 5.82 Å². The molecule has 0 saturated heterocycles. The zero-order valence-electron chi connectivity index (χ0n) is 13.6. The third-order valence-corrected chi connectivity index (χ3v) is 3.46. The van der Waals surface area contributed by atoms with Crippen molar-refractivity contribution in [2.24, 2.45) is 0 Å². The number of rotatable bonds is 6. The summed E-state index contributed by atoms with van der Waals surface area (Å²) in [5.41, 5.74) is 0.446. The minimum absolute atomic E-state index is 0.251. The van der Waals surface area contributed by atoms with E-state index in [1.54, 1.807) is 54.5 Å². The second kappa shape index (κ2) is 7.57. The normalized spacial score (nSPS) is 11.8. The van der Waals surface area contributed by atoms with Crippen molar-refractivity contribution in [1.29, 1.82) is 0 Å². The number of nitrogens with zero attached hydrogens (tertiary/aromatic N) is 3. The molecule has 25 heavy (non-hydrogen) atoms. The number of pyridine rings is 1. The standard InChI is InChI=1S/C18H17FN4O2/c1-13(25-16-4-2-3-15(19)9-16)10-22-18(24)14-5-6-17(21-11-14)23-8-7-20-12-23/h2-9,11-13H,10H2,1H3,(H,22,24)/t13-/m0/s1. The molecular formula is C18H17FN4O2. The molecule has 3 rings (SSSR count). The molecule has 0 spiro atoms. The molecule has 7 heteroatoms. The lowest BCUT2D eigenvalue weighted by Gasteiger charge is -2.15. The molecule has 128 valence electrons. The molecule has 0 unspecified atom stereocenters. The average molecular weight is 340 g/mol. The van der Waals surface area contributed by atoms with Crippen molar-refractivity contribution in [2.75, 3.05) is 6.54 Å². The van der Waals surface area contributed by atoms with Crippen LogP contribution >= 0.6 is 0 Å². The van der Waals surface area contributed by atoms with Crippen LogP contribution in [0.5, 0.6) is 5.75 Å². The fraction of sp³-hybridized carbons (Fsp3) is 0.167. The van der Waals surface area contributed by atoms with Gasteiger partial charge in [0.15, 0.2) is 0 Å². The maximum Gasteiger partial charge on any atom is 0.252 e. The number of hydrogen-bond acceptors (Lipinski definition) is 4. The number of hydrogen-bond donors (Lipinski definition) is 1. The molecule has 0 fully saturated rings. The molecule has 0 aliphatic rings. The van der Waals surface area contributed by atoms with Gasteiger partial charge in [-0.2, -0.15) is 0 Å². The Balaban J connectivity index is 1.53. The fourth-order valence-electron chi connectivity index (χ4n) is 2.22. The second-order valence-corrected chi connectivity index (χ2v) is 5.47. The van der Waals surface area contributed by atoms with Gasteiger partial charge in [-0.3, -0.25) is 9.36 Å². The zero-order chi connectivity index (χ0) is 17.6. The number of carbonyl (C=O) groups excluding carboxylic acids is 1. The van der Waals surface area contributed by atoms with Gasteiger partial charge in [-0.1, -0.05) is 6.07 Å². The summed E-state index contributed by atoms with van der Waals surface area (Å²) in [5.74, 6) is 0.488. The van der Waals surface area contributed by atoms with Crippen LogP contribution < -0.4 is 10.1 Å². The lowest BCUT2D eigenvalue weighted by atomic mass is 10.2. The molecule has 6 nitrogen and oxygen atoms in total. The van der Waals surface area contributed by atoms with E-state index in [1.807, 2.05) is 0 Å². The van der Waals surface area contributed by atoms with Gasteiger partial charge in [-0.05, 0) is 31.2 Å². The van der Waals surface area contributed by atoms with E-state index < -0.39 is 0 Å². The molecule has 1 N–H and O–H groups in total. The Bertz CT molecular complexity index is 835. The van der Waals surface area contributed by atoms with Gasteiger partial charge < -0.3 is 10.1 Å². The largest absolute Gasteiger partial charge is 0.489 e. The number of nitrogens with one attached hydrogen (secondary N) is 1. The SMILES string of the molecule is C[C@@H](CNC(=O)c1ccc(-n2ccnc2)nc1)Oc1cccc(F)c1. The van der Waals surface area contributed by atoms with E-state index in [2.05, 4.69) is 15.3 Å². The molecule has 1 amide bonds. The quantitative estimate of drug-likeness (QED) is 0.749. The van der Waals surface area contributed by atoms with Crippen LogP contribution in [0.25, 0.3) is 5.82 Å². The third-order valence-electron chi connectivity index (χ3n) is 3.46. The van der Waals surface area contributed by atoms with Crippen molar-refractivity contribution in [2.45, 2.75) is 13.0 Å². The van der Waals surface area contributed by atoms with Crippen LogP contribution in [0.1, 0.15) is 17.3 Å². The fourth-order valence-corrected chi connectivity index (χ4v) is 2.22. The lowest BCUT2D eigenvalue weighted by Crippen LogP contribution is -2.33. The van der Waals surface area contributed by atoms with Crippen LogP contribution in [-0.4, -0.2) is 33.1 Å². The molecule has 3 aromatic rings. The molecule has 2 heterocycles. The predicted octanol–water partition coefficient (Wildman–Crippen LogP) is 2.60. The first kappa shape index (κ1) is 16.6. The number of aromatic nitrogens is 3. The summed E-state index contributed by atoms with van der Waals surface area (Å²) in [7, 11) is 0. The summed E-state index contributed by atoms with van der Waals surface area (Å²) < 4.78 is 20.4. The summed E-state index contributed by atoms with van der Waals surface area (Å²) in [5, 5.41) is 2.77. The highest BCUT2D eigenvalue weighted by Gasteiger charge is 2.10. The summed E-state index contributed by atoms with van der Waals surface area (Å²) in [6, 6.07) is 9.32. The van der Waals surface area contributed by atoms with Gasteiger partial charge in [0, 0.05) is 24.7 Å². The van der Waals surface area contributed by atoms with E-state index in [-0.39, 0.29) is 17.8 Å². The number of amides is 1. The Morgan fingerprint density at radius 1 is 1.36 bits per heavy atom. The molecule has 0 aliphatic carbocycles. The van der Waals surface area contributed by atoms with E-state index in [0.29, 0.717) is 23.7 Å². The molecule has 0 saturated carbocycles. The Labute approximate surface area is 144 Å². The summed E-state index contributed by atoms with van der Waals surface area (Å²) in [4.78, 5) is 20.4. The van der Waals surface area contributed by atoms with Gasteiger partial charge in [-0.25, -0.2) is 14.4 Å². The highest BCUT2D eigenvalue weighted by molar-refractivity contribution is 5.93. The monoisotopic (exact) mass is 340 g/mol. The van der Waals surface area contributed by atoms with E-state index in [9.17, 15) is 9.18 Å². The molecule has 0 bridgehead atoms. The lowest BCUT2D eigenvalue weighted by molar-refractivity contribution is 0.0931. The van der Waals surface area contributed by atoms with E-state index in [0.717, 1.165) is 0 Å². The molecule has 1 atom stereocenters. The van der Waals surface area contributed by atoms with Crippen LogP contribution in [0.4, 0.5) is 4.39 Å². The molecule has 1 aromatic carbocycles. The Morgan fingerprint density at radius 2 is 2.24 bits per heavy atom. The third kappa shape index (κ3) is 4.41. The minimum atomic E-state index is -0.363. The maximum absolute atomic E-state index is 13.1. The van der Waals surface area contributed by atoms with Gasteiger partial charge in [0.05, 0.1) is 12.1 Å². The van der Waals surface area contributed by atoms with Crippen molar-refractivity contribution in [3.8, 4) is 11.6 Å². The summed E-state index contributed by atoms with van der Waals surface area (Å²) in [6.45, 7) is 2.09. The summed E-state index contributed by atoms with van der Waals surface area (Å²) >= 11 is 0. The first-order valence-electron chi connectivity index (χ1n) is 7.76. The van der Waals surface area contributed by atoms with Crippen LogP contribution in [0.3, 0.4) is 0 Å². The van der Waals surface area contributed by atoms with Crippen LogP contribution in [0.2, 0.25) is 0 Å². The van der Waals surface area contributed by atoms with Gasteiger partial charge in [0.1, 0.15) is 29.8 Å². The topological polar surface area (TPSA) is 69.0 Å². The Morgan fingerprint density at radius 3 is 2.92 bits per heavy atom. The van der Waals surface area contributed by atoms with E-state index >= 15 is 0 Å². The van der Waals surface area contributed by atoms with Crippen LogP contribution in [-0.2, 0) is 0 Å². The molecule has 0 radical (unpaired) electrons. The van der Waals surface area contributed by atoms with Gasteiger partial charge in [0.25, 0.3) is 5.91 Å². The predicted molar refractivity (Wildman–Crippen MR) is 90.2 cm³/mol. The van der Waals surface area contributed by atoms with Gasteiger partial charge in [0.2, 0.25) is 0 Å². The number of carbonyl (C=O) groups is 1. The molecule has 0 aliphatic heterocycles. The van der Waals surface area contributed by atoms with Crippen molar-refractivity contribution in [1.82, 2.24) is 19.9 Å². The Hall–Kier alpha value is -3.22. The summed E-state index contributed by atoms with van der Waals surface area (Å²) in [6.07, 6.45) is 6.26. The number of benzene rings is 1. The van der Waals surface area contributed by atoms with Crippen LogP contribution in [0.15, 0.2) is 61.3 Å². The maximum atomic E-state index is 13.1. The second-order valence-electron chi connectivity index (χ2n) is 5.47. The van der Waals surface area contributed by atoms with E-state index in [4.69, 9.17) is 4.74 Å². The zero-order valence-corrected chi connectivity index (χ0v) is 13.6. The minimum Gasteiger partial charge on any atom is -0.489 e. The average Bonchev–Trinajstić information content (AvgIpc) is 3.14. The van der Waals surface area contributed by atoms with Crippen molar-refractivity contribution < 1.29 is 13.9 Å². The highest BCUT2D eigenvalue weighted by Crippen LogP contribution is 2.13. The van der Waals surface area contributed by atoms with Crippen molar-refractivity contribution in [3.05, 3.63) is 72.7 Å². The van der Waals surface area contributed by atoms with E-state index in [1.165, 1.54) is 18.3 Å². The Kier molecular flexibility index (Phi) is 5.03. The van der Waals surface area contributed by atoms with Gasteiger partial charge in [-0.15, -0.1) is 0 Å². The number of imidazole rings is 1.